The third-order valence-electron chi connectivity index (χ3n) is 5.34. The molecule has 0 aliphatic heterocycles. The molecule has 4 aliphatic carbocycles. The van der Waals surface area contributed by atoms with Crippen molar-refractivity contribution >= 4 is 17.1 Å². The summed E-state index contributed by atoms with van der Waals surface area (Å²) < 4.78 is 0. The number of allylic oxidation sites excluding steroid dienone is 4. The molecule has 3 nitrogen and oxygen atoms in total. The number of aliphatic hydroxyl groups is 1. The molecule has 1 fully saturated rings. The highest BCUT2D eigenvalue weighted by atomic mass is 16.3. The van der Waals surface area contributed by atoms with Gasteiger partial charge < -0.3 is 5.11 Å². The highest BCUT2D eigenvalue weighted by Crippen LogP contribution is 2.54. The fourth-order valence-electron chi connectivity index (χ4n) is 4.43. The van der Waals surface area contributed by atoms with E-state index in [0.717, 1.165) is 27.8 Å². The topological polar surface area (TPSA) is 54.4 Å². The Morgan fingerprint density at radius 1 is 1.05 bits per heavy atom. The van der Waals surface area contributed by atoms with Gasteiger partial charge in [0.05, 0.1) is 11.5 Å². The Morgan fingerprint density at radius 2 is 1.68 bits per heavy atom. The van der Waals surface area contributed by atoms with Crippen molar-refractivity contribution in [3.63, 3.8) is 0 Å². The quantitative estimate of drug-likeness (QED) is 0.865. The van der Waals surface area contributed by atoms with Gasteiger partial charge in [-0.3, -0.25) is 9.59 Å². The van der Waals surface area contributed by atoms with E-state index < -0.39 is 0 Å². The minimum Gasteiger partial charge on any atom is -0.511 e. The van der Waals surface area contributed by atoms with E-state index in [1.54, 1.807) is 6.08 Å². The predicted molar refractivity (Wildman–Crippen MR) is 83.4 cm³/mol. The molecule has 5 rings (SSSR count). The zero-order valence-corrected chi connectivity index (χ0v) is 12.9. The SMILES string of the molecule is Cc1cc(C)c(C2=C(O)[C@H]3[C@H](C=C4C[C@H]3C4=O)C2=O)c(C)c1. The number of carbonyl (C=O) groups excluding carboxylic acids is 2. The van der Waals surface area contributed by atoms with Gasteiger partial charge >= 0.3 is 0 Å². The first-order valence-electron chi connectivity index (χ1n) is 7.70. The van der Waals surface area contributed by atoms with Gasteiger partial charge in [-0.25, -0.2) is 0 Å². The van der Waals surface area contributed by atoms with E-state index in [4.69, 9.17) is 0 Å². The molecule has 3 atom stereocenters. The zero-order chi connectivity index (χ0) is 15.8. The lowest BCUT2D eigenvalue weighted by molar-refractivity contribution is -0.128. The molecule has 0 spiro atoms. The molecule has 1 saturated carbocycles. The van der Waals surface area contributed by atoms with Gasteiger partial charge in [-0.1, -0.05) is 23.8 Å². The average Bonchev–Trinajstić information content (AvgIpc) is 2.71. The Labute approximate surface area is 129 Å². The number of Topliss-reactive ketones (excluding diaryl/α,β-unsaturated/α-hetero) is 2. The van der Waals surface area contributed by atoms with Crippen LogP contribution in [0.1, 0.15) is 28.7 Å². The first kappa shape index (κ1) is 13.5. The molecule has 22 heavy (non-hydrogen) atoms. The second-order valence-electron chi connectivity index (χ2n) is 6.82. The Kier molecular flexibility index (Phi) is 2.57. The van der Waals surface area contributed by atoms with Gasteiger partial charge in [-0.2, -0.15) is 0 Å². The van der Waals surface area contributed by atoms with Crippen LogP contribution in [0.25, 0.3) is 5.57 Å². The lowest BCUT2D eigenvalue weighted by atomic mass is 9.61. The van der Waals surface area contributed by atoms with E-state index in [9.17, 15) is 14.7 Å². The molecule has 0 radical (unpaired) electrons. The molecule has 1 N–H and O–H groups in total. The molecule has 2 bridgehead atoms. The minimum absolute atomic E-state index is 0.0350. The molecule has 0 unspecified atom stereocenters. The number of hydrogen-bond acceptors (Lipinski definition) is 3. The molecule has 0 aromatic heterocycles. The predicted octanol–water partition coefficient (Wildman–Crippen LogP) is 3.23. The fourth-order valence-corrected chi connectivity index (χ4v) is 4.43. The number of ketones is 2. The monoisotopic (exact) mass is 294 g/mol. The van der Waals surface area contributed by atoms with Crippen LogP contribution in [-0.4, -0.2) is 16.7 Å². The summed E-state index contributed by atoms with van der Waals surface area (Å²) in [5.41, 5.74) is 5.18. The third kappa shape index (κ3) is 1.51. The van der Waals surface area contributed by atoms with Gasteiger partial charge in [0.2, 0.25) is 0 Å². The van der Waals surface area contributed by atoms with Gasteiger partial charge in [0.25, 0.3) is 0 Å². The second-order valence-corrected chi connectivity index (χ2v) is 6.82. The number of aliphatic hydroxyl groups excluding tert-OH is 1. The largest absolute Gasteiger partial charge is 0.511 e. The van der Waals surface area contributed by atoms with E-state index in [1.165, 1.54) is 0 Å². The molecule has 0 heterocycles. The van der Waals surface area contributed by atoms with E-state index in [0.29, 0.717) is 12.0 Å². The summed E-state index contributed by atoms with van der Waals surface area (Å²) in [4.78, 5) is 24.8. The molecular weight excluding hydrogens is 276 g/mol. The van der Waals surface area contributed by atoms with Crippen molar-refractivity contribution in [3.05, 3.63) is 51.8 Å². The van der Waals surface area contributed by atoms with E-state index in [2.05, 4.69) is 0 Å². The number of carbonyl (C=O) groups is 2. The molecule has 0 saturated heterocycles. The lowest BCUT2D eigenvalue weighted by Gasteiger charge is -2.39. The van der Waals surface area contributed by atoms with Crippen LogP contribution in [0.15, 0.2) is 29.5 Å². The van der Waals surface area contributed by atoms with E-state index >= 15 is 0 Å². The maximum atomic E-state index is 12.8. The zero-order valence-electron chi connectivity index (χ0n) is 12.9. The van der Waals surface area contributed by atoms with Crippen molar-refractivity contribution in [2.75, 3.05) is 0 Å². The Morgan fingerprint density at radius 3 is 2.27 bits per heavy atom. The highest BCUT2D eigenvalue weighted by molar-refractivity contribution is 6.27. The first-order valence-corrected chi connectivity index (χ1v) is 7.70. The highest BCUT2D eigenvalue weighted by Gasteiger charge is 2.55. The summed E-state index contributed by atoms with van der Waals surface area (Å²) in [6.07, 6.45) is 2.49. The van der Waals surface area contributed by atoms with Crippen LogP contribution in [0.4, 0.5) is 0 Å². The van der Waals surface area contributed by atoms with E-state index in [-0.39, 0.29) is 35.1 Å². The maximum absolute atomic E-state index is 12.8. The molecule has 4 aliphatic rings. The molecule has 3 heteroatoms. The summed E-state index contributed by atoms with van der Waals surface area (Å²) in [5.74, 6) is -0.684. The summed E-state index contributed by atoms with van der Waals surface area (Å²) in [5, 5.41) is 10.7. The van der Waals surface area contributed by atoms with Crippen LogP contribution in [0.2, 0.25) is 0 Å². The van der Waals surface area contributed by atoms with Gasteiger partial charge in [-0.05, 0) is 49.5 Å². The standard InChI is InChI=1S/C19H18O3/c1-8-4-9(2)14(10(3)5-8)16-18(21)13-7-11-6-12(17(11)20)15(13)19(16)22/h4-5,7,12-13,15,22H,6H2,1-3H3/t12-,13+,15-/m1/s1. The Balaban J connectivity index is 1.90. The van der Waals surface area contributed by atoms with Crippen molar-refractivity contribution in [2.24, 2.45) is 17.8 Å². The van der Waals surface area contributed by atoms with Crippen LogP contribution in [0.3, 0.4) is 0 Å². The van der Waals surface area contributed by atoms with Gasteiger partial charge in [0, 0.05) is 11.8 Å². The van der Waals surface area contributed by atoms with Crippen molar-refractivity contribution in [2.45, 2.75) is 27.2 Å². The van der Waals surface area contributed by atoms with Crippen LogP contribution in [0.5, 0.6) is 0 Å². The number of rotatable bonds is 1. The van der Waals surface area contributed by atoms with Crippen LogP contribution in [0, 0.1) is 38.5 Å². The van der Waals surface area contributed by atoms with Crippen LogP contribution < -0.4 is 0 Å². The van der Waals surface area contributed by atoms with Crippen molar-refractivity contribution in [1.82, 2.24) is 0 Å². The van der Waals surface area contributed by atoms with Crippen LogP contribution in [-0.2, 0) is 9.59 Å². The average molecular weight is 294 g/mol. The maximum Gasteiger partial charge on any atom is 0.174 e. The number of aryl methyl sites for hydroxylation is 3. The second kappa shape index (κ2) is 4.19. The fraction of sp³-hybridized carbons (Fsp3) is 0.368. The molecule has 1 aromatic carbocycles. The van der Waals surface area contributed by atoms with Gasteiger partial charge in [0.15, 0.2) is 11.6 Å². The summed E-state index contributed by atoms with van der Waals surface area (Å²) in [7, 11) is 0. The molecular formula is C19H18O3. The van der Waals surface area contributed by atoms with Crippen LogP contribution >= 0.6 is 0 Å². The van der Waals surface area contributed by atoms with Crippen molar-refractivity contribution < 1.29 is 14.7 Å². The normalized spacial score (nSPS) is 29.4. The molecule has 1 aromatic rings. The first-order chi connectivity index (χ1) is 10.4. The molecule has 112 valence electrons. The smallest absolute Gasteiger partial charge is 0.174 e. The summed E-state index contributed by atoms with van der Waals surface area (Å²) >= 11 is 0. The number of hydrogen-bond donors (Lipinski definition) is 1. The van der Waals surface area contributed by atoms with Crippen molar-refractivity contribution in [1.29, 1.82) is 0 Å². The Hall–Kier alpha value is -2.16. The van der Waals surface area contributed by atoms with E-state index in [1.807, 2.05) is 32.9 Å². The Bertz CT molecular complexity index is 787. The minimum atomic E-state index is -0.346. The van der Waals surface area contributed by atoms with Gasteiger partial charge in [-0.15, -0.1) is 0 Å². The summed E-state index contributed by atoms with van der Waals surface area (Å²) in [6, 6.07) is 4.06. The number of benzene rings is 1. The van der Waals surface area contributed by atoms with Crippen molar-refractivity contribution in [3.8, 4) is 0 Å². The lowest BCUT2D eigenvalue weighted by Crippen LogP contribution is -2.43. The molecule has 0 amide bonds. The van der Waals surface area contributed by atoms with Gasteiger partial charge in [0.1, 0.15) is 5.76 Å². The summed E-state index contributed by atoms with van der Waals surface area (Å²) in [6.45, 7) is 5.95. The third-order valence-corrected chi connectivity index (χ3v) is 5.34.